The van der Waals surface area contributed by atoms with Crippen LogP contribution in [0.1, 0.15) is 20.7 Å². The molecule has 0 bridgehead atoms. The number of hydrogen-bond acceptors (Lipinski definition) is 12. The van der Waals surface area contributed by atoms with E-state index in [1.54, 1.807) is 36.4 Å². The molecule has 1 saturated heterocycles. The molecule has 14 heteroatoms. The SMILES string of the molecule is CS(=O)(=O)OC[C@H]1O[C@H](O)[C@H](OC(=O)c2ccccc2)[C@@H](OC(=O)c2ccccc2)[C@H]1OS(C)(=O)=O. The minimum Gasteiger partial charge on any atom is -0.452 e. The Labute approximate surface area is 207 Å². The lowest BCUT2D eigenvalue weighted by Crippen LogP contribution is -2.62. The van der Waals surface area contributed by atoms with Gasteiger partial charge in [-0.25, -0.2) is 9.59 Å². The average Bonchev–Trinajstić information content (AvgIpc) is 2.81. The molecule has 196 valence electrons. The van der Waals surface area contributed by atoms with Crippen LogP contribution in [0.5, 0.6) is 0 Å². The van der Waals surface area contributed by atoms with Gasteiger partial charge in [-0.05, 0) is 24.3 Å². The van der Waals surface area contributed by atoms with Gasteiger partial charge in [-0.1, -0.05) is 36.4 Å². The van der Waals surface area contributed by atoms with Gasteiger partial charge in [0.1, 0.15) is 12.2 Å². The molecule has 1 aliphatic heterocycles. The fourth-order valence-corrected chi connectivity index (χ4v) is 4.35. The van der Waals surface area contributed by atoms with E-state index in [0.29, 0.717) is 6.26 Å². The summed E-state index contributed by atoms with van der Waals surface area (Å²) in [6, 6.07) is 15.2. The Balaban J connectivity index is 1.99. The average molecular weight is 545 g/mol. The number of ether oxygens (including phenoxy) is 3. The predicted molar refractivity (Wildman–Crippen MR) is 123 cm³/mol. The predicted octanol–water partition coefficient (Wildman–Crippen LogP) is 0.476. The van der Waals surface area contributed by atoms with Crippen LogP contribution in [0.25, 0.3) is 0 Å². The van der Waals surface area contributed by atoms with Crippen LogP contribution in [0.4, 0.5) is 0 Å². The summed E-state index contributed by atoms with van der Waals surface area (Å²) in [5.41, 5.74) is 0.148. The van der Waals surface area contributed by atoms with Gasteiger partial charge in [0.25, 0.3) is 20.2 Å². The van der Waals surface area contributed by atoms with E-state index < -0.39 is 69.5 Å². The number of carbonyl (C=O) groups excluding carboxylic acids is 2. The number of aliphatic hydroxyl groups is 1. The molecule has 2 aromatic carbocycles. The van der Waals surface area contributed by atoms with Crippen LogP contribution in [-0.2, 0) is 42.8 Å². The van der Waals surface area contributed by atoms with Crippen molar-refractivity contribution in [3.05, 3.63) is 71.8 Å². The van der Waals surface area contributed by atoms with Crippen molar-refractivity contribution in [2.75, 3.05) is 19.1 Å². The number of hydrogen-bond donors (Lipinski definition) is 1. The summed E-state index contributed by atoms with van der Waals surface area (Å²) in [5, 5.41) is 10.6. The maximum absolute atomic E-state index is 12.8. The standard InChI is InChI=1S/C22H24O12S2/c1-35(26,27)30-13-16-17(34-36(2,28)29)18(32-20(23)14-9-5-3-6-10-14)19(22(25)31-16)33-21(24)15-11-7-4-8-12-15/h3-12,16-19,22,25H,13H2,1-2H3/t16-,17+,18+,19-,22+/m1/s1. The van der Waals surface area contributed by atoms with Gasteiger partial charge < -0.3 is 19.3 Å². The van der Waals surface area contributed by atoms with Gasteiger partial charge in [-0.15, -0.1) is 0 Å². The first-order valence-corrected chi connectivity index (χ1v) is 14.1. The summed E-state index contributed by atoms with van der Waals surface area (Å²) < 4.78 is 73.0. The van der Waals surface area contributed by atoms with Gasteiger partial charge in [0.2, 0.25) is 0 Å². The molecule has 1 N–H and O–H groups in total. The number of esters is 2. The molecule has 3 rings (SSSR count). The molecule has 1 fully saturated rings. The first-order chi connectivity index (χ1) is 16.8. The van der Waals surface area contributed by atoms with Crippen molar-refractivity contribution in [2.24, 2.45) is 0 Å². The Morgan fingerprint density at radius 1 is 0.778 bits per heavy atom. The highest BCUT2D eigenvalue weighted by atomic mass is 32.2. The zero-order valence-corrected chi connectivity index (χ0v) is 20.8. The molecule has 0 amide bonds. The molecule has 0 aromatic heterocycles. The highest BCUT2D eigenvalue weighted by molar-refractivity contribution is 7.86. The van der Waals surface area contributed by atoms with Crippen molar-refractivity contribution in [1.82, 2.24) is 0 Å². The topological polar surface area (TPSA) is 169 Å². The van der Waals surface area contributed by atoms with Gasteiger partial charge in [0, 0.05) is 0 Å². The van der Waals surface area contributed by atoms with E-state index in [1.807, 2.05) is 0 Å². The van der Waals surface area contributed by atoms with Crippen LogP contribution < -0.4 is 0 Å². The molecule has 0 radical (unpaired) electrons. The Morgan fingerprint density at radius 2 is 1.25 bits per heavy atom. The Bertz CT molecular complexity index is 1260. The monoisotopic (exact) mass is 544 g/mol. The van der Waals surface area contributed by atoms with Gasteiger partial charge in [0.15, 0.2) is 18.5 Å². The smallest absolute Gasteiger partial charge is 0.338 e. The highest BCUT2D eigenvalue weighted by Gasteiger charge is 2.52. The van der Waals surface area contributed by atoms with E-state index in [0.717, 1.165) is 6.26 Å². The van der Waals surface area contributed by atoms with E-state index in [2.05, 4.69) is 0 Å². The second kappa shape index (κ2) is 11.5. The van der Waals surface area contributed by atoms with Crippen molar-refractivity contribution < 1.29 is 54.1 Å². The number of benzene rings is 2. The van der Waals surface area contributed by atoms with Crippen LogP contribution in [0.3, 0.4) is 0 Å². The van der Waals surface area contributed by atoms with Crippen LogP contribution in [0.15, 0.2) is 60.7 Å². The Kier molecular flexibility index (Phi) is 8.81. The minimum absolute atomic E-state index is 0.0636. The summed E-state index contributed by atoms with van der Waals surface area (Å²) in [4.78, 5) is 25.5. The van der Waals surface area contributed by atoms with E-state index >= 15 is 0 Å². The van der Waals surface area contributed by atoms with Crippen LogP contribution in [-0.4, -0.2) is 83.7 Å². The summed E-state index contributed by atoms with van der Waals surface area (Å²) in [7, 11) is -8.28. The van der Waals surface area contributed by atoms with E-state index in [4.69, 9.17) is 22.6 Å². The molecule has 12 nitrogen and oxygen atoms in total. The number of carbonyl (C=O) groups is 2. The van der Waals surface area contributed by atoms with Crippen molar-refractivity contribution in [3.63, 3.8) is 0 Å². The van der Waals surface area contributed by atoms with E-state index in [9.17, 15) is 31.5 Å². The molecular weight excluding hydrogens is 520 g/mol. The largest absolute Gasteiger partial charge is 0.452 e. The number of rotatable bonds is 9. The molecule has 2 aromatic rings. The van der Waals surface area contributed by atoms with Gasteiger partial charge in [0.05, 0.1) is 30.2 Å². The minimum atomic E-state index is -4.26. The third kappa shape index (κ3) is 7.81. The molecule has 36 heavy (non-hydrogen) atoms. The molecule has 0 unspecified atom stereocenters. The highest BCUT2D eigenvalue weighted by Crippen LogP contribution is 2.30. The lowest BCUT2D eigenvalue weighted by atomic mass is 9.98. The van der Waals surface area contributed by atoms with Crippen molar-refractivity contribution in [1.29, 1.82) is 0 Å². The van der Waals surface area contributed by atoms with Crippen LogP contribution in [0.2, 0.25) is 0 Å². The summed E-state index contributed by atoms with van der Waals surface area (Å²) in [6.07, 6.45) is -7.36. The molecular formula is C22H24O12S2. The molecule has 0 saturated carbocycles. The third-order valence-electron chi connectivity index (χ3n) is 4.85. The van der Waals surface area contributed by atoms with Gasteiger partial charge in [-0.2, -0.15) is 16.8 Å². The van der Waals surface area contributed by atoms with Crippen LogP contribution in [0, 0.1) is 0 Å². The van der Waals surface area contributed by atoms with E-state index in [-0.39, 0.29) is 11.1 Å². The maximum Gasteiger partial charge on any atom is 0.338 e. The first kappa shape index (κ1) is 27.7. The normalized spacial score (nSPS) is 24.6. The fraction of sp³-hybridized carbons (Fsp3) is 0.364. The van der Waals surface area contributed by atoms with Gasteiger partial charge >= 0.3 is 11.9 Å². The quantitative estimate of drug-likeness (QED) is 0.343. The van der Waals surface area contributed by atoms with Gasteiger partial charge in [-0.3, -0.25) is 8.37 Å². The van der Waals surface area contributed by atoms with E-state index in [1.165, 1.54) is 24.3 Å². The Morgan fingerprint density at radius 3 is 1.69 bits per heavy atom. The second-order valence-corrected chi connectivity index (χ2v) is 11.0. The van der Waals surface area contributed by atoms with Crippen molar-refractivity contribution in [3.8, 4) is 0 Å². The maximum atomic E-state index is 12.8. The zero-order valence-electron chi connectivity index (χ0n) is 19.1. The molecule has 0 spiro atoms. The fourth-order valence-electron chi connectivity index (χ4n) is 3.33. The summed E-state index contributed by atoms with van der Waals surface area (Å²) in [5.74, 6) is -1.90. The zero-order chi connectivity index (χ0) is 26.5. The summed E-state index contributed by atoms with van der Waals surface area (Å²) in [6.45, 7) is -0.797. The third-order valence-corrected chi connectivity index (χ3v) is 5.98. The molecule has 1 aliphatic rings. The van der Waals surface area contributed by atoms with Crippen molar-refractivity contribution in [2.45, 2.75) is 30.7 Å². The molecule has 1 heterocycles. The molecule has 0 aliphatic carbocycles. The second-order valence-electron chi connectivity index (χ2n) is 7.79. The molecule has 5 atom stereocenters. The summed E-state index contributed by atoms with van der Waals surface area (Å²) >= 11 is 0. The Hall–Kier alpha value is -2.88. The van der Waals surface area contributed by atoms with Crippen molar-refractivity contribution >= 4 is 32.2 Å². The lowest BCUT2D eigenvalue weighted by molar-refractivity contribution is -0.278. The first-order valence-electron chi connectivity index (χ1n) is 10.4. The van der Waals surface area contributed by atoms with Crippen LogP contribution >= 0.6 is 0 Å². The number of aliphatic hydroxyl groups excluding tert-OH is 1. The lowest BCUT2D eigenvalue weighted by Gasteiger charge is -2.42.